The van der Waals surface area contributed by atoms with Crippen molar-refractivity contribution in [2.24, 2.45) is 34.5 Å². The van der Waals surface area contributed by atoms with E-state index in [2.05, 4.69) is 13.0 Å². The highest BCUT2D eigenvalue weighted by Gasteiger charge is 2.62. The number of carbonyl (C=O) groups is 3. The van der Waals surface area contributed by atoms with Gasteiger partial charge in [-0.3, -0.25) is 14.4 Å². The second-order valence-electron chi connectivity index (χ2n) is 9.90. The third kappa shape index (κ3) is 2.66. The van der Waals surface area contributed by atoms with Gasteiger partial charge >= 0.3 is 5.97 Å². The van der Waals surface area contributed by atoms with Gasteiger partial charge in [0.2, 0.25) is 0 Å². The molecule has 0 N–H and O–H groups in total. The fraction of sp³-hybridized carbons (Fsp3) is 0.783. The standard InChI is InChI=1S/C23H32O4/c1-13(24)18-7-8-19-17-6-5-15-11-16(27-14(2)25)9-10-22(15,3)20(17)12-21(26)23(18,19)4/h7,15-17,19-20H,5-6,8-12H2,1-4H3/t15?,16?,17-,19-,20-,22-,23+/m0/s1. The van der Waals surface area contributed by atoms with Gasteiger partial charge in [-0.05, 0) is 81.5 Å². The van der Waals surface area contributed by atoms with Crippen molar-refractivity contribution in [3.05, 3.63) is 11.6 Å². The average Bonchev–Trinajstić information content (AvgIpc) is 2.95. The highest BCUT2D eigenvalue weighted by atomic mass is 16.5. The van der Waals surface area contributed by atoms with Gasteiger partial charge in [-0.25, -0.2) is 0 Å². The third-order valence-electron chi connectivity index (χ3n) is 8.79. The molecule has 0 aromatic heterocycles. The molecule has 4 nitrogen and oxygen atoms in total. The van der Waals surface area contributed by atoms with Gasteiger partial charge in [-0.2, -0.15) is 0 Å². The Hall–Kier alpha value is -1.45. The molecular formula is C23H32O4. The van der Waals surface area contributed by atoms with Crippen LogP contribution in [0.5, 0.6) is 0 Å². The molecule has 0 amide bonds. The van der Waals surface area contributed by atoms with Crippen molar-refractivity contribution in [1.82, 2.24) is 0 Å². The molecule has 4 rings (SSSR count). The number of ether oxygens (including phenoxy) is 1. The van der Waals surface area contributed by atoms with Crippen molar-refractivity contribution >= 4 is 17.5 Å². The van der Waals surface area contributed by atoms with Crippen LogP contribution >= 0.6 is 0 Å². The predicted molar refractivity (Wildman–Crippen MR) is 102 cm³/mol. The Bertz CT molecular complexity index is 722. The van der Waals surface area contributed by atoms with Gasteiger partial charge in [0.25, 0.3) is 0 Å². The van der Waals surface area contributed by atoms with Crippen LogP contribution in [0.15, 0.2) is 11.6 Å². The number of carbonyl (C=O) groups excluding carboxylic acids is 3. The van der Waals surface area contributed by atoms with Crippen LogP contribution in [0.3, 0.4) is 0 Å². The number of Topliss-reactive ketones (excluding diaryl/α,β-unsaturated/α-hetero) is 2. The van der Waals surface area contributed by atoms with Gasteiger partial charge in [0, 0.05) is 18.9 Å². The highest BCUT2D eigenvalue weighted by molar-refractivity contribution is 6.04. The molecule has 7 atom stereocenters. The summed E-state index contributed by atoms with van der Waals surface area (Å²) in [5.74, 6) is 1.88. The van der Waals surface area contributed by atoms with E-state index in [-0.39, 0.29) is 35.0 Å². The lowest BCUT2D eigenvalue weighted by Gasteiger charge is -2.60. The summed E-state index contributed by atoms with van der Waals surface area (Å²) in [5.41, 5.74) is 0.350. The largest absolute Gasteiger partial charge is 0.463 e. The molecule has 0 aromatic rings. The van der Waals surface area contributed by atoms with E-state index in [9.17, 15) is 14.4 Å². The van der Waals surface area contributed by atoms with Gasteiger partial charge < -0.3 is 4.74 Å². The number of hydrogen-bond acceptors (Lipinski definition) is 4. The van der Waals surface area contributed by atoms with Gasteiger partial charge in [0.15, 0.2) is 5.78 Å². The average molecular weight is 373 g/mol. The molecule has 0 radical (unpaired) electrons. The highest BCUT2D eigenvalue weighted by Crippen LogP contribution is 2.65. The van der Waals surface area contributed by atoms with Gasteiger partial charge in [-0.1, -0.05) is 13.0 Å². The van der Waals surface area contributed by atoms with Crippen LogP contribution in [-0.2, 0) is 19.1 Å². The van der Waals surface area contributed by atoms with Crippen LogP contribution in [-0.4, -0.2) is 23.6 Å². The van der Waals surface area contributed by atoms with Gasteiger partial charge in [0.1, 0.15) is 11.9 Å². The second-order valence-corrected chi connectivity index (χ2v) is 9.90. The number of esters is 1. The monoisotopic (exact) mass is 372 g/mol. The van der Waals surface area contributed by atoms with Crippen molar-refractivity contribution < 1.29 is 19.1 Å². The van der Waals surface area contributed by atoms with Crippen molar-refractivity contribution in [3.63, 3.8) is 0 Å². The summed E-state index contributed by atoms with van der Waals surface area (Å²) in [7, 11) is 0. The third-order valence-corrected chi connectivity index (χ3v) is 8.79. The lowest BCUT2D eigenvalue weighted by atomic mass is 9.44. The molecule has 27 heavy (non-hydrogen) atoms. The smallest absolute Gasteiger partial charge is 0.302 e. The zero-order chi connectivity index (χ0) is 19.6. The number of rotatable bonds is 2. The molecular weight excluding hydrogens is 340 g/mol. The van der Waals surface area contributed by atoms with Crippen molar-refractivity contribution in [2.75, 3.05) is 0 Å². The van der Waals surface area contributed by atoms with Crippen molar-refractivity contribution in [3.8, 4) is 0 Å². The summed E-state index contributed by atoms with van der Waals surface area (Å²) in [4.78, 5) is 36.9. The first-order valence-electron chi connectivity index (χ1n) is 10.6. The topological polar surface area (TPSA) is 60.4 Å². The first-order chi connectivity index (χ1) is 12.7. The molecule has 0 spiro atoms. The number of ketones is 2. The lowest BCUT2D eigenvalue weighted by molar-refractivity contribution is -0.163. The summed E-state index contributed by atoms with van der Waals surface area (Å²) in [6, 6.07) is 0. The Balaban J connectivity index is 1.60. The van der Waals surface area contributed by atoms with E-state index in [0.717, 1.165) is 44.1 Å². The summed E-state index contributed by atoms with van der Waals surface area (Å²) in [5, 5.41) is 0. The molecule has 0 saturated heterocycles. The lowest BCUT2D eigenvalue weighted by Crippen LogP contribution is -2.57. The molecule has 148 valence electrons. The molecule has 0 heterocycles. The number of hydrogen-bond donors (Lipinski definition) is 0. The van der Waals surface area contributed by atoms with Crippen LogP contribution in [0.1, 0.15) is 72.6 Å². The molecule has 3 fully saturated rings. The first kappa shape index (κ1) is 18.9. The minimum absolute atomic E-state index is 0.0409. The molecule has 2 unspecified atom stereocenters. The minimum atomic E-state index is -0.564. The quantitative estimate of drug-likeness (QED) is 0.679. The predicted octanol–water partition coefficient (Wildman–Crippen LogP) is 4.27. The Morgan fingerprint density at radius 1 is 1.11 bits per heavy atom. The van der Waals surface area contributed by atoms with E-state index in [0.29, 0.717) is 24.2 Å². The molecule has 3 saturated carbocycles. The molecule has 4 aliphatic rings. The van der Waals surface area contributed by atoms with Crippen molar-refractivity contribution in [2.45, 2.75) is 78.7 Å². The number of allylic oxidation sites excluding steroid dienone is 2. The summed E-state index contributed by atoms with van der Waals surface area (Å²) in [6.07, 6.45) is 8.72. The van der Waals surface area contributed by atoms with Gasteiger partial charge in [-0.15, -0.1) is 0 Å². The van der Waals surface area contributed by atoms with E-state index in [4.69, 9.17) is 4.74 Å². The maximum Gasteiger partial charge on any atom is 0.302 e. The van der Waals surface area contributed by atoms with Crippen LogP contribution in [0.2, 0.25) is 0 Å². The Morgan fingerprint density at radius 2 is 1.85 bits per heavy atom. The van der Waals surface area contributed by atoms with Crippen LogP contribution < -0.4 is 0 Å². The maximum absolute atomic E-state index is 13.3. The number of fused-ring (bicyclic) bond motifs is 5. The molecule has 4 aliphatic carbocycles. The van der Waals surface area contributed by atoms with E-state index in [1.807, 2.05) is 6.92 Å². The first-order valence-corrected chi connectivity index (χ1v) is 10.6. The normalized spacial score (nSPS) is 46.0. The van der Waals surface area contributed by atoms with Crippen LogP contribution in [0, 0.1) is 34.5 Å². The van der Waals surface area contributed by atoms with E-state index < -0.39 is 5.41 Å². The van der Waals surface area contributed by atoms with E-state index >= 15 is 0 Å². The van der Waals surface area contributed by atoms with Gasteiger partial charge in [0.05, 0.1) is 5.41 Å². The maximum atomic E-state index is 13.3. The summed E-state index contributed by atoms with van der Waals surface area (Å²) >= 11 is 0. The fourth-order valence-corrected chi connectivity index (χ4v) is 7.38. The zero-order valence-electron chi connectivity index (χ0n) is 17.0. The molecule has 0 aliphatic heterocycles. The Morgan fingerprint density at radius 3 is 2.52 bits per heavy atom. The fourth-order valence-electron chi connectivity index (χ4n) is 7.38. The SMILES string of the molecule is CC(=O)OC1CC[C@@]2(C)C(CC[C@H]3[C@@H]4CC=C(C(C)=O)[C@@]4(C)C(=O)C[C@@H]32)C1. The van der Waals surface area contributed by atoms with Crippen molar-refractivity contribution in [1.29, 1.82) is 0 Å². The molecule has 0 bridgehead atoms. The van der Waals surface area contributed by atoms with E-state index in [1.165, 1.54) is 6.92 Å². The van der Waals surface area contributed by atoms with Crippen LogP contribution in [0.25, 0.3) is 0 Å². The Labute approximate surface area is 162 Å². The summed E-state index contributed by atoms with van der Waals surface area (Å²) in [6.45, 7) is 7.50. The minimum Gasteiger partial charge on any atom is -0.463 e. The molecule has 0 aromatic carbocycles. The Kier molecular flexibility index (Phi) is 4.40. The summed E-state index contributed by atoms with van der Waals surface area (Å²) < 4.78 is 5.52. The second kappa shape index (κ2) is 6.28. The zero-order valence-corrected chi connectivity index (χ0v) is 17.0. The van der Waals surface area contributed by atoms with E-state index in [1.54, 1.807) is 6.92 Å². The van der Waals surface area contributed by atoms with Crippen LogP contribution in [0.4, 0.5) is 0 Å². The molecule has 4 heteroatoms.